The molecule has 0 aliphatic heterocycles. The fourth-order valence-corrected chi connectivity index (χ4v) is 1.66. The van der Waals surface area contributed by atoms with E-state index in [-0.39, 0.29) is 18.9 Å². The summed E-state index contributed by atoms with van der Waals surface area (Å²) in [6.07, 6.45) is -4.45. The summed E-state index contributed by atoms with van der Waals surface area (Å²) in [4.78, 5) is 15.3. The Kier molecular flexibility index (Phi) is 4.25. The zero-order valence-electron chi connectivity index (χ0n) is 11.1. The van der Waals surface area contributed by atoms with Crippen molar-refractivity contribution in [3.8, 4) is 11.4 Å². The molecule has 1 heterocycles. The standard InChI is InChI=1S/C13H12F3N3O2/c1-2-21-11(20)7-10-17-12(19-18-10)8-3-5-9(6-4-8)13(14,15)16/h3-6H,2,7H2,1H3,(H,17,18,19). The Morgan fingerprint density at radius 1 is 1.29 bits per heavy atom. The fraction of sp³-hybridized carbons (Fsp3) is 0.308. The van der Waals surface area contributed by atoms with E-state index in [2.05, 4.69) is 15.2 Å². The lowest BCUT2D eigenvalue weighted by Crippen LogP contribution is -2.08. The van der Waals surface area contributed by atoms with Gasteiger partial charge >= 0.3 is 12.1 Å². The number of carbonyl (C=O) groups is 1. The number of ether oxygens (including phenoxy) is 1. The first-order valence-corrected chi connectivity index (χ1v) is 6.14. The molecular formula is C13H12F3N3O2. The summed E-state index contributed by atoms with van der Waals surface area (Å²) in [5.74, 6) is 0.0685. The van der Waals surface area contributed by atoms with Gasteiger partial charge in [0.2, 0.25) is 0 Å². The monoisotopic (exact) mass is 299 g/mol. The highest BCUT2D eigenvalue weighted by Crippen LogP contribution is 2.30. The summed E-state index contributed by atoms with van der Waals surface area (Å²) >= 11 is 0. The summed E-state index contributed by atoms with van der Waals surface area (Å²) in [5, 5.41) is 6.42. The molecule has 0 radical (unpaired) electrons. The molecule has 0 bridgehead atoms. The zero-order valence-corrected chi connectivity index (χ0v) is 11.1. The van der Waals surface area contributed by atoms with Gasteiger partial charge in [-0.15, -0.1) is 0 Å². The van der Waals surface area contributed by atoms with E-state index in [1.54, 1.807) is 6.92 Å². The highest BCUT2D eigenvalue weighted by atomic mass is 19.4. The number of halogens is 3. The number of hydrogen-bond donors (Lipinski definition) is 1. The fourth-order valence-electron chi connectivity index (χ4n) is 1.66. The van der Waals surface area contributed by atoms with Gasteiger partial charge in [-0.25, -0.2) is 4.98 Å². The Hall–Kier alpha value is -2.38. The number of nitrogens with one attached hydrogen (secondary N) is 1. The van der Waals surface area contributed by atoms with E-state index in [0.717, 1.165) is 12.1 Å². The Labute approximate surface area is 118 Å². The van der Waals surface area contributed by atoms with Gasteiger partial charge in [0.25, 0.3) is 0 Å². The average molecular weight is 299 g/mol. The third kappa shape index (κ3) is 3.80. The molecule has 112 valence electrons. The molecule has 0 aliphatic carbocycles. The molecule has 1 aromatic carbocycles. The first-order valence-electron chi connectivity index (χ1n) is 6.14. The van der Waals surface area contributed by atoms with E-state index < -0.39 is 17.7 Å². The van der Waals surface area contributed by atoms with Crippen molar-refractivity contribution in [3.63, 3.8) is 0 Å². The molecule has 1 N–H and O–H groups in total. The van der Waals surface area contributed by atoms with Crippen LogP contribution < -0.4 is 0 Å². The normalized spacial score (nSPS) is 11.4. The molecule has 21 heavy (non-hydrogen) atoms. The summed E-state index contributed by atoms with van der Waals surface area (Å²) in [6.45, 7) is 1.95. The number of aromatic nitrogens is 3. The Morgan fingerprint density at radius 3 is 2.52 bits per heavy atom. The van der Waals surface area contributed by atoms with Crippen molar-refractivity contribution in [1.82, 2.24) is 15.2 Å². The quantitative estimate of drug-likeness (QED) is 0.881. The molecule has 0 amide bonds. The minimum atomic E-state index is -4.38. The van der Waals surface area contributed by atoms with Gasteiger partial charge in [0, 0.05) is 5.56 Å². The van der Waals surface area contributed by atoms with Crippen LogP contribution in [0.1, 0.15) is 18.3 Å². The topological polar surface area (TPSA) is 67.9 Å². The van der Waals surface area contributed by atoms with E-state index in [1.165, 1.54) is 12.1 Å². The van der Waals surface area contributed by atoms with Gasteiger partial charge in [0.1, 0.15) is 12.2 Å². The number of hydrogen-bond acceptors (Lipinski definition) is 4. The van der Waals surface area contributed by atoms with E-state index in [1.807, 2.05) is 0 Å². The number of alkyl halides is 3. The molecule has 2 rings (SSSR count). The largest absolute Gasteiger partial charge is 0.466 e. The smallest absolute Gasteiger partial charge is 0.416 e. The predicted molar refractivity (Wildman–Crippen MR) is 67.2 cm³/mol. The SMILES string of the molecule is CCOC(=O)Cc1nc(-c2ccc(C(F)(F)F)cc2)n[nH]1. The first-order chi connectivity index (χ1) is 9.90. The number of nitrogens with zero attached hydrogens (tertiary/aromatic N) is 2. The van der Waals surface area contributed by atoms with Gasteiger partial charge in [-0.2, -0.15) is 18.3 Å². The van der Waals surface area contributed by atoms with Crippen molar-refractivity contribution in [3.05, 3.63) is 35.7 Å². The van der Waals surface area contributed by atoms with E-state index in [0.29, 0.717) is 11.4 Å². The van der Waals surface area contributed by atoms with Crippen molar-refractivity contribution in [1.29, 1.82) is 0 Å². The van der Waals surface area contributed by atoms with Crippen LogP contribution in [0.4, 0.5) is 13.2 Å². The van der Waals surface area contributed by atoms with Crippen molar-refractivity contribution in [2.45, 2.75) is 19.5 Å². The predicted octanol–water partition coefficient (Wildman–Crippen LogP) is 2.60. The molecule has 1 aromatic heterocycles. The number of carbonyl (C=O) groups excluding carboxylic acids is 1. The van der Waals surface area contributed by atoms with Crippen LogP contribution >= 0.6 is 0 Å². The second kappa shape index (κ2) is 5.94. The summed E-state index contributed by atoms with van der Waals surface area (Å²) in [6, 6.07) is 4.47. The summed E-state index contributed by atoms with van der Waals surface area (Å²) in [7, 11) is 0. The van der Waals surface area contributed by atoms with Gasteiger partial charge in [0.05, 0.1) is 12.2 Å². The molecule has 0 aliphatic rings. The van der Waals surface area contributed by atoms with E-state index in [4.69, 9.17) is 4.74 Å². The number of esters is 1. The summed E-state index contributed by atoms with van der Waals surface area (Å²) in [5.41, 5.74) is -0.317. The van der Waals surface area contributed by atoms with Crippen LogP contribution in [0.5, 0.6) is 0 Å². The summed E-state index contributed by atoms with van der Waals surface area (Å²) < 4.78 is 42.1. The Balaban J connectivity index is 2.12. The minimum Gasteiger partial charge on any atom is -0.466 e. The lowest BCUT2D eigenvalue weighted by Gasteiger charge is -2.06. The van der Waals surface area contributed by atoms with E-state index in [9.17, 15) is 18.0 Å². The second-order valence-corrected chi connectivity index (χ2v) is 4.16. The molecule has 0 atom stereocenters. The molecule has 0 spiro atoms. The molecular weight excluding hydrogens is 287 g/mol. The van der Waals surface area contributed by atoms with Crippen molar-refractivity contribution >= 4 is 5.97 Å². The first kappa shape index (κ1) is 15.0. The van der Waals surface area contributed by atoms with Gasteiger partial charge in [0.15, 0.2) is 5.82 Å². The van der Waals surface area contributed by atoms with Crippen LogP contribution in [-0.2, 0) is 22.1 Å². The Bertz CT molecular complexity index is 620. The van der Waals surface area contributed by atoms with Crippen LogP contribution in [0.15, 0.2) is 24.3 Å². The van der Waals surface area contributed by atoms with Gasteiger partial charge in [-0.3, -0.25) is 9.89 Å². The van der Waals surface area contributed by atoms with Gasteiger partial charge in [-0.1, -0.05) is 12.1 Å². The van der Waals surface area contributed by atoms with Crippen LogP contribution in [0.25, 0.3) is 11.4 Å². The number of rotatable bonds is 4. The van der Waals surface area contributed by atoms with Crippen LogP contribution in [0.2, 0.25) is 0 Å². The molecule has 5 nitrogen and oxygen atoms in total. The average Bonchev–Trinajstić information content (AvgIpc) is 2.86. The van der Waals surface area contributed by atoms with Crippen LogP contribution in [0.3, 0.4) is 0 Å². The second-order valence-electron chi connectivity index (χ2n) is 4.16. The number of benzene rings is 1. The van der Waals surface area contributed by atoms with Gasteiger partial charge < -0.3 is 4.74 Å². The third-order valence-corrected chi connectivity index (χ3v) is 2.62. The maximum atomic E-state index is 12.5. The number of aromatic amines is 1. The molecule has 8 heteroatoms. The highest BCUT2D eigenvalue weighted by molar-refractivity contribution is 5.71. The van der Waals surface area contributed by atoms with Crippen molar-refractivity contribution in [2.75, 3.05) is 6.61 Å². The van der Waals surface area contributed by atoms with Crippen LogP contribution in [-0.4, -0.2) is 27.8 Å². The highest BCUT2D eigenvalue weighted by Gasteiger charge is 2.30. The van der Waals surface area contributed by atoms with Crippen molar-refractivity contribution in [2.24, 2.45) is 0 Å². The minimum absolute atomic E-state index is 0.0680. The lowest BCUT2D eigenvalue weighted by molar-refractivity contribution is -0.142. The van der Waals surface area contributed by atoms with Gasteiger partial charge in [-0.05, 0) is 19.1 Å². The maximum Gasteiger partial charge on any atom is 0.416 e. The molecule has 0 unspecified atom stereocenters. The van der Waals surface area contributed by atoms with Crippen molar-refractivity contribution < 1.29 is 22.7 Å². The molecule has 2 aromatic rings. The molecule has 0 fully saturated rings. The molecule has 0 saturated heterocycles. The van der Waals surface area contributed by atoms with E-state index >= 15 is 0 Å². The number of H-pyrrole nitrogens is 1. The maximum absolute atomic E-state index is 12.5. The third-order valence-electron chi connectivity index (χ3n) is 2.62. The van der Waals surface area contributed by atoms with Crippen LogP contribution in [0, 0.1) is 0 Å². The Morgan fingerprint density at radius 2 is 1.95 bits per heavy atom. The zero-order chi connectivity index (χ0) is 15.5. The lowest BCUT2D eigenvalue weighted by atomic mass is 10.1. The molecule has 0 saturated carbocycles.